The van der Waals surface area contributed by atoms with Crippen molar-refractivity contribution in [2.24, 2.45) is 0 Å². The maximum atomic E-state index is 12.4. The highest BCUT2D eigenvalue weighted by Gasteiger charge is 2.22. The first-order valence-corrected chi connectivity index (χ1v) is 9.16. The number of hydrogen-bond acceptors (Lipinski definition) is 5. The molecule has 1 aromatic heterocycles. The summed E-state index contributed by atoms with van der Waals surface area (Å²) in [6, 6.07) is 12.1. The summed E-state index contributed by atoms with van der Waals surface area (Å²) in [5.74, 6) is -1.34. The lowest BCUT2D eigenvalue weighted by Crippen LogP contribution is -2.36. The third kappa shape index (κ3) is 4.63. The highest BCUT2D eigenvalue weighted by Crippen LogP contribution is 2.30. The van der Waals surface area contributed by atoms with E-state index < -0.39 is 23.5 Å². The lowest BCUT2D eigenvalue weighted by Gasteiger charge is -2.16. The molecule has 3 rings (SSSR count). The minimum atomic E-state index is -1.18. The van der Waals surface area contributed by atoms with E-state index in [4.69, 9.17) is 9.15 Å². The molecule has 0 saturated carbocycles. The van der Waals surface area contributed by atoms with Crippen LogP contribution in [0.3, 0.4) is 0 Å². The molecule has 0 bridgehead atoms. The number of carbonyl (C=O) groups excluding carboxylic acids is 1. The van der Waals surface area contributed by atoms with Gasteiger partial charge in [0.25, 0.3) is 5.91 Å². The van der Waals surface area contributed by atoms with Crippen molar-refractivity contribution in [3.63, 3.8) is 0 Å². The number of carboxylic acid groups (broad SMARTS) is 1. The van der Waals surface area contributed by atoms with Crippen LogP contribution in [0.4, 0.5) is 0 Å². The van der Waals surface area contributed by atoms with Crippen LogP contribution in [0.15, 0.2) is 57.7 Å². The molecule has 0 aliphatic carbocycles. The first kappa shape index (κ1) is 20.1. The molecule has 0 aliphatic rings. The molecule has 3 aromatic rings. The fourth-order valence-electron chi connectivity index (χ4n) is 3.14. The Morgan fingerprint density at radius 1 is 1.17 bits per heavy atom. The standard InChI is InChI=1S/C22H21NO6/c1-3-14-11-19(25)29-17-10-13(2)9-16(20(14)17)28-12-18(24)23-21(22(26)27)15-7-5-4-6-8-15/h4-11,21H,3,12H2,1-2H3,(H,23,24)(H,26,27)/t21-/m1/s1. The van der Waals surface area contributed by atoms with E-state index in [9.17, 15) is 19.5 Å². The molecule has 150 valence electrons. The van der Waals surface area contributed by atoms with Crippen LogP contribution in [0.25, 0.3) is 11.0 Å². The number of carbonyl (C=O) groups is 2. The summed E-state index contributed by atoms with van der Waals surface area (Å²) in [7, 11) is 0. The second kappa shape index (κ2) is 8.60. The van der Waals surface area contributed by atoms with Crippen LogP contribution in [-0.4, -0.2) is 23.6 Å². The van der Waals surface area contributed by atoms with Crippen molar-refractivity contribution in [1.29, 1.82) is 0 Å². The van der Waals surface area contributed by atoms with Gasteiger partial charge in [0.1, 0.15) is 11.3 Å². The van der Waals surface area contributed by atoms with Crippen molar-refractivity contribution in [2.75, 3.05) is 6.61 Å². The van der Waals surface area contributed by atoms with Crippen LogP contribution >= 0.6 is 0 Å². The van der Waals surface area contributed by atoms with Crippen LogP contribution in [0.1, 0.15) is 29.7 Å². The highest BCUT2D eigenvalue weighted by molar-refractivity contribution is 5.89. The van der Waals surface area contributed by atoms with Crippen LogP contribution < -0.4 is 15.7 Å². The van der Waals surface area contributed by atoms with Gasteiger partial charge in [-0.3, -0.25) is 4.79 Å². The number of rotatable bonds is 7. The van der Waals surface area contributed by atoms with Gasteiger partial charge >= 0.3 is 11.6 Å². The van der Waals surface area contributed by atoms with Gasteiger partial charge in [-0.25, -0.2) is 9.59 Å². The molecule has 7 nitrogen and oxygen atoms in total. The summed E-state index contributed by atoms with van der Waals surface area (Å²) in [6.45, 7) is 3.35. The van der Waals surface area contributed by atoms with E-state index in [2.05, 4.69) is 5.32 Å². The van der Waals surface area contributed by atoms with Gasteiger partial charge in [0.05, 0.1) is 5.39 Å². The van der Waals surface area contributed by atoms with Crippen LogP contribution in [0.2, 0.25) is 0 Å². The maximum absolute atomic E-state index is 12.4. The van der Waals surface area contributed by atoms with E-state index in [1.165, 1.54) is 6.07 Å². The van der Waals surface area contributed by atoms with Gasteiger partial charge in [-0.05, 0) is 42.2 Å². The van der Waals surface area contributed by atoms with Crippen molar-refractivity contribution in [2.45, 2.75) is 26.3 Å². The minimum absolute atomic E-state index is 0.378. The molecule has 7 heteroatoms. The van der Waals surface area contributed by atoms with Gasteiger partial charge in [-0.2, -0.15) is 0 Å². The molecule has 1 heterocycles. The summed E-state index contributed by atoms with van der Waals surface area (Å²) >= 11 is 0. The van der Waals surface area contributed by atoms with Crippen molar-refractivity contribution < 1.29 is 23.8 Å². The van der Waals surface area contributed by atoms with Crippen LogP contribution in [-0.2, 0) is 16.0 Å². The quantitative estimate of drug-likeness (QED) is 0.596. The zero-order chi connectivity index (χ0) is 21.0. The van der Waals surface area contributed by atoms with E-state index in [1.54, 1.807) is 42.5 Å². The van der Waals surface area contributed by atoms with E-state index >= 15 is 0 Å². The Labute approximate surface area is 166 Å². The zero-order valence-corrected chi connectivity index (χ0v) is 16.1. The Bertz CT molecular complexity index is 1100. The van der Waals surface area contributed by atoms with Gasteiger partial charge in [0.15, 0.2) is 12.6 Å². The first-order chi connectivity index (χ1) is 13.9. The fourth-order valence-corrected chi connectivity index (χ4v) is 3.14. The number of nitrogens with one attached hydrogen (secondary N) is 1. The van der Waals surface area contributed by atoms with E-state index in [0.29, 0.717) is 28.7 Å². The molecule has 2 N–H and O–H groups in total. The minimum Gasteiger partial charge on any atom is -0.483 e. The van der Waals surface area contributed by atoms with Crippen molar-refractivity contribution in [3.05, 3.63) is 75.6 Å². The molecular weight excluding hydrogens is 374 g/mol. The molecule has 1 amide bonds. The number of fused-ring (bicyclic) bond motifs is 1. The molecule has 2 aromatic carbocycles. The molecule has 0 fully saturated rings. The molecule has 0 saturated heterocycles. The average Bonchev–Trinajstić information content (AvgIpc) is 2.69. The molecular formula is C22H21NO6. The predicted octanol–water partition coefficient (Wildman–Crippen LogP) is 2.98. The normalized spacial score (nSPS) is 11.8. The lowest BCUT2D eigenvalue weighted by atomic mass is 10.1. The molecule has 1 atom stereocenters. The summed E-state index contributed by atoms with van der Waals surface area (Å²) in [5, 5.41) is 12.5. The van der Waals surface area contributed by atoms with Crippen molar-refractivity contribution >= 4 is 22.8 Å². The smallest absolute Gasteiger partial charge is 0.336 e. The number of ether oxygens (including phenoxy) is 1. The number of benzene rings is 2. The predicted molar refractivity (Wildman–Crippen MR) is 107 cm³/mol. The van der Waals surface area contributed by atoms with E-state index in [1.807, 2.05) is 13.8 Å². The largest absolute Gasteiger partial charge is 0.483 e. The van der Waals surface area contributed by atoms with Gasteiger partial charge in [-0.1, -0.05) is 37.3 Å². The second-order valence-corrected chi connectivity index (χ2v) is 6.62. The number of aliphatic carboxylic acids is 1. The second-order valence-electron chi connectivity index (χ2n) is 6.62. The van der Waals surface area contributed by atoms with Crippen LogP contribution in [0, 0.1) is 6.92 Å². The van der Waals surface area contributed by atoms with E-state index in [-0.39, 0.29) is 6.61 Å². The summed E-state index contributed by atoms with van der Waals surface area (Å²) < 4.78 is 11.0. The molecule has 0 spiro atoms. The molecule has 0 aliphatic heterocycles. The monoisotopic (exact) mass is 395 g/mol. The van der Waals surface area contributed by atoms with Gasteiger partial charge in [0.2, 0.25) is 0 Å². The Morgan fingerprint density at radius 3 is 2.55 bits per heavy atom. The maximum Gasteiger partial charge on any atom is 0.336 e. The van der Waals surface area contributed by atoms with Crippen molar-refractivity contribution in [3.8, 4) is 5.75 Å². The number of carboxylic acids is 1. The fraction of sp³-hybridized carbons (Fsp3) is 0.227. The zero-order valence-electron chi connectivity index (χ0n) is 16.1. The van der Waals surface area contributed by atoms with Gasteiger partial charge in [0, 0.05) is 6.07 Å². The Kier molecular flexibility index (Phi) is 5.97. The average molecular weight is 395 g/mol. The summed E-state index contributed by atoms with van der Waals surface area (Å²) in [5.41, 5.74) is 1.95. The van der Waals surface area contributed by atoms with Crippen molar-refractivity contribution in [1.82, 2.24) is 5.32 Å². The summed E-state index contributed by atoms with van der Waals surface area (Å²) in [6.07, 6.45) is 0.586. The molecule has 29 heavy (non-hydrogen) atoms. The van der Waals surface area contributed by atoms with Gasteiger partial charge in [-0.15, -0.1) is 0 Å². The lowest BCUT2D eigenvalue weighted by molar-refractivity contribution is -0.142. The molecule has 0 unspecified atom stereocenters. The third-order valence-electron chi connectivity index (χ3n) is 4.46. The Balaban J connectivity index is 1.82. The van der Waals surface area contributed by atoms with Gasteiger partial charge < -0.3 is 19.6 Å². The SMILES string of the molecule is CCc1cc(=O)oc2cc(C)cc(OCC(=O)N[C@@H](C(=O)O)c3ccccc3)c12. The number of hydrogen-bond donors (Lipinski definition) is 2. The third-order valence-corrected chi connectivity index (χ3v) is 4.46. The topological polar surface area (TPSA) is 106 Å². The molecule has 0 radical (unpaired) electrons. The number of aryl methyl sites for hydroxylation is 2. The highest BCUT2D eigenvalue weighted by atomic mass is 16.5. The number of amides is 1. The first-order valence-electron chi connectivity index (χ1n) is 9.16. The Morgan fingerprint density at radius 2 is 1.90 bits per heavy atom. The van der Waals surface area contributed by atoms with E-state index in [0.717, 1.165) is 11.1 Å². The summed E-state index contributed by atoms with van der Waals surface area (Å²) in [4.78, 5) is 35.7. The van der Waals surface area contributed by atoms with Crippen LogP contribution in [0.5, 0.6) is 5.75 Å². The Hall–Kier alpha value is -3.61.